The van der Waals surface area contributed by atoms with Crippen LogP contribution in [0.1, 0.15) is 5.56 Å². The van der Waals surface area contributed by atoms with Gasteiger partial charge in [-0.05, 0) is 18.6 Å². The number of aromatic amines is 1. The highest BCUT2D eigenvalue weighted by Crippen LogP contribution is 2.30. The zero-order valence-electron chi connectivity index (χ0n) is 14.9. The third kappa shape index (κ3) is 3.34. The van der Waals surface area contributed by atoms with Crippen molar-refractivity contribution in [2.45, 2.75) is 6.92 Å². The van der Waals surface area contributed by atoms with Crippen molar-refractivity contribution in [3.8, 4) is 22.8 Å². The second-order valence-electron chi connectivity index (χ2n) is 6.10. The minimum Gasteiger partial charge on any atom is -0.383 e. The van der Waals surface area contributed by atoms with Crippen molar-refractivity contribution in [3.05, 3.63) is 30.4 Å². The molecule has 0 saturated heterocycles. The summed E-state index contributed by atoms with van der Waals surface area (Å²) in [5.41, 5.74) is 3.19. The Bertz CT molecular complexity index is 973. The van der Waals surface area contributed by atoms with Crippen LogP contribution in [-0.2, 0) is 9.53 Å². The van der Waals surface area contributed by atoms with Gasteiger partial charge >= 0.3 is 0 Å². The molecule has 0 radical (unpaired) electrons. The first-order valence-corrected chi connectivity index (χ1v) is 8.39. The second-order valence-corrected chi connectivity index (χ2v) is 6.10. The maximum Gasteiger partial charge on any atom is 0.245 e. The minimum atomic E-state index is -0.116. The van der Waals surface area contributed by atoms with Crippen LogP contribution in [0.3, 0.4) is 0 Å². The normalized spacial score (nSPS) is 13.4. The Morgan fingerprint density at radius 1 is 1.22 bits per heavy atom. The number of carbonyl (C=O) groups is 1. The highest BCUT2D eigenvalue weighted by molar-refractivity contribution is 5.99. The van der Waals surface area contributed by atoms with E-state index in [-0.39, 0.29) is 12.5 Å². The SMILES string of the molecule is COCCN1CC(=O)Nc2ncc(-c3cnc(-c4nc[nH]n4)cc3C)nc21. The number of hydrogen-bond donors (Lipinski definition) is 2. The zero-order chi connectivity index (χ0) is 18.8. The summed E-state index contributed by atoms with van der Waals surface area (Å²) in [5, 5.41) is 9.48. The van der Waals surface area contributed by atoms with E-state index in [1.807, 2.05) is 17.9 Å². The molecule has 2 N–H and O–H groups in total. The van der Waals surface area contributed by atoms with Crippen molar-refractivity contribution in [2.24, 2.45) is 0 Å². The molecule has 1 aliphatic heterocycles. The summed E-state index contributed by atoms with van der Waals surface area (Å²) in [7, 11) is 1.62. The first kappa shape index (κ1) is 17.0. The topological polar surface area (TPSA) is 122 Å². The Kier molecular flexibility index (Phi) is 4.47. The number of anilines is 2. The summed E-state index contributed by atoms with van der Waals surface area (Å²) in [4.78, 5) is 31.4. The number of pyridine rings is 1. The molecule has 1 aliphatic rings. The third-order valence-electron chi connectivity index (χ3n) is 4.24. The summed E-state index contributed by atoms with van der Waals surface area (Å²) < 4.78 is 5.13. The van der Waals surface area contributed by atoms with E-state index in [0.717, 1.165) is 11.1 Å². The molecule has 3 aromatic heterocycles. The lowest BCUT2D eigenvalue weighted by atomic mass is 10.1. The number of aromatic nitrogens is 6. The van der Waals surface area contributed by atoms with Crippen LogP contribution < -0.4 is 10.2 Å². The number of hydrogen-bond acceptors (Lipinski definition) is 8. The number of fused-ring (bicyclic) bond motifs is 1. The second kappa shape index (κ2) is 7.08. The number of rotatable bonds is 5. The number of H-pyrrole nitrogens is 1. The van der Waals surface area contributed by atoms with Crippen molar-refractivity contribution in [1.29, 1.82) is 0 Å². The first-order chi connectivity index (χ1) is 13.2. The fraction of sp³-hybridized carbons (Fsp3) is 0.294. The molecule has 10 nitrogen and oxygen atoms in total. The fourth-order valence-corrected chi connectivity index (χ4v) is 2.90. The first-order valence-electron chi connectivity index (χ1n) is 8.39. The lowest BCUT2D eigenvalue weighted by Crippen LogP contribution is -2.41. The van der Waals surface area contributed by atoms with Gasteiger partial charge in [-0.3, -0.25) is 14.9 Å². The van der Waals surface area contributed by atoms with Crippen LogP contribution in [0.15, 0.2) is 24.8 Å². The molecule has 0 saturated carbocycles. The van der Waals surface area contributed by atoms with Gasteiger partial charge in [0, 0.05) is 25.4 Å². The van der Waals surface area contributed by atoms with Crippen LogP contribution in [-0.4, -0.2) is 62.8 Å². The van der Waals surface area contributed by atoms with E-state index in [2.05, 4.69) is 30.5 Å². The highest BCUT2D eigenvalue weighted by Gasteiger charge is 2.25. The lowest BCUT2D eigenvalue weighted by molar-refractivity contribution is -0.115. The molecule has 1 amide bonds. The minimum absolute atomic E-state index is 0.116. The number of carbonyl (C=O) groups excluding carboxylic acids is 1. The molecule has 0 fully saturated rings. The Morgan fingerprint density at radius 2 is 2.11 bits per heavy atom. The summed E-state index contributed by atoms with van der Waals surface area (Å²) >= 11 is 0. The standard InChI is InChI=1S/C17H18N8O2/c1-10-5-12(15-20-9-21-24-15)18-6-11(10)13-7-19-16-17(22-13)25(3-4-27-2)8-14(26)23-16/h5-7,9H,3-4,8H2,1-2H3,(H,19,23,26)(H,20,21,24). The predicted molar refractivity (Wildman–Crippen MR) is 98.1 cm³/mol. The molecule has 4 heterocycles. The summed E-state index contributed by atoms with van der Waals surface area (Å²) in [6, 6.07) is 1.91. The van der Waals surface area contributed by atoms with Crippen LogP contribution >= 0.6 is 0 Å². The van der Waals surface area contributed by atoms with Gasteiger partial charge in [0.05, 0.1) is 25.0 Å². The van der Waals surface area contributed by atoms with Gasteiger partial charge in [-0.15, -0.1) is 0 Å². The Morgan fingerprint density at radius 3 is 2.85 bits per heavy atom. The van der Waals surface area contributed by atoms with Gasteiger partial charge in [-0.25, -0.2) is 15.0 Å². The average molecular weight is 366 g/mol. The zero-order valence-corrected chi connectivity index (χ0v) is 14.9. The van der Waals surface area contributed by atoms with Gasteiger partial charge in [0.2, 0.25) is 5.91 Å². The Hall–Kier alpha value is -3.40. The molecule has 0 spiro atoms. The van der Waals surface area contributed by atoms with Gasteiger partial charge in [-0.1, -0.05) is 0 Å². The summed E-state index contributed by atoms with van der Waals surface area (Å²) in [6.45, 7) is 3.23. The molecule has 10 heteroatoms. The smallest absolute Gasteiger partial charge is 0.245 e. The van der Waals surface area contributed by atoms with Crippen LogP contribution in [0, 0.1) is 6.92 Å². The monoisotopic (exact) mass is 366 g/mol. The number of ether oxygens (including phenoxy) is 1. The van der Waals surface area contributed by atoms with E-state index >= 15 is 0 Å². The van der Waals surface area contributed by atoms with Gasteiger partial charge in [0.15, 0.2) is 17.5 Å². The van der Waals surface area contributed by atoms with Crippen molar-refractivity contribution >= 4 is 17.5 Å². The molecule has 0 unspecified atom stereocenters. The fourth-order valence-electron chi connectivity index (χ4n) is 2.90. The number of amides is 1. The maximum atomic E-state index is 11.9. The number of aryl methyl sites for hydroxylation is 1. The lowest BCUT2D eigenvalue weighted by Gasteiger charge is -2.29. The van der Waals surface area contributed by atoms with Gasteiger partial charge in [0.1, 0.15) is 12.0 Å². The molecule has 138 valence electrons. The molecule has 0 aromatic carbocycles. The van der Waals surface area contributed by atoms with Gasteiger partial charge in [-0.2, -0.15) is 5.10 Å². The van der Waals surface area contributed by atoms with Crippen LogP contribution in [0.2, 0.25) is 0 Å². The van der Waals surface area contributed by atoms with Crippen molar-refractivity contribution in [2.75, 3.05) is 37.0 Å². The Balaban J connectivity index is 1.70. The molecular formula is C17H18N8O2. The van der Waals surface area contributed by atoms with Crippen molar-refractivity contribution < 1.29 is 9.53 Å². The van der Waals surface area contributed by atoms with Gasteiger partial charge in [0.25, 0.3) is 0 Å². The maximum absolute atomic E-state index is 11.9. The van der Waals surface area contributed by atoms with E-state index in [0.29, 0.717) is 42.0 Å². The number of nitrogens with one attached hydrogen (secondary N) is 2. The molecule has 0 aliphatic carbocycles. The van der Waals surface area contributed by atoms with Gasteiger partial charge < -0.3 is 15.0 Å². The van der Waals surface area contributed by atoms with E-state index in [1.165, 1.54) is 6.33 Å². The summed E-state index contributed by atoms with van der Waals surface area (Å²) in [6.07, 6.45) is 4.88. The molecular weight excluding hydrogens is 348 g/mol. The molecule has 0 bridgehead atoms. The molecule has 0 atom stereocenters. The third-order valence-corrected chi connectivity index (χ3v) is 4.24. The highest BCUT2D eigenvalue weighted by atomic mass is 16.5. The van der Waals surface area contributed by atoms with E-state index in [1.54, 1.807) is 19.5 Å². The van der Waals surface area contributed by atoms with Crippen LogP contribution in [0.5, 0.6) is 0 Å². The van der Waals surface area contributed by atoms with E-state index in [4.69, 9.17) is 9.72 Å². The predicted octanol–water partition coefficient (Wildman–Crippen LogP) is 1.04. The Labute approximate surface area is 155 Å². The largest absolute Gasteiger partial charge is 0.383 e. The quantitative estimate of drug-likeness (QED) is 0.687. The molecule has 3 aromatic rings. The van der Waals surface area contributed by atoms with Crippen LogP contribution in [0.4, 0.5) is 11.6 Å². The average Bonchev–Trinajstić information content (AvgIpc) is 3.20. The summed E-state index contributed by atoms with van der Waals surface area (Å²) in [5.74, 6) is 1.50. The van der Waals surface area contributed by atoms with E-state index in [9.17, 15) is 4.79 Å². The number of nitrogens with zero attached hydrogens (tertiary/aromatic N) is 6. The van der Waals surface area contributed by atoms with Crippen molar-refractivity contribution in [3.63, 3.8) is 0 Å². The molecule has 27 heavy (non-hydrogen) atoms. The van der Waals surface area contributed by atoms with E-state index < -0.39 is 0 Å². The molecule has 4 rings (SSSR count). The number of methoxy groups -OCH3 is 1. The van der Waals surface area contributed by atoms with Crippen LogP contribution in [0.25, 0.3) is 22.8 Å². The van der Waals surface area contributed by atoms with Crippen molar-refractivity contribution in [1.82, 2.24) is 30.1 Å².